The summed E-state index contributed by atoms with van der Waals surface area (Å²) in [5, 5.41) is 6.40. The predicted molar refractivity (Wildman–Crippen MR) is 161 cm³/mol. The summed E-state index contributed by atoms with van der Waals surface area (Å²) in [6.07, 6.45) is 3.56. The molecule has 2 aliphatic rings. The number of hydrogen-bond acceptors (Lipinski definition) is 7. The van der Waals surface area contributed by atoms with E-state index < -0.39 is 31.8 Å². The van der Waals surface area contributed by atoms with E-state index in [0.29, 0.717) is 38.0 Å². The molecule has 0 bridgehead atoms. The van der Waals surface area contributed by atoms with Gasteiger partial charge in [-0.2, -0.15) is 4.31 Å². The lowest BCUT2D eigenvalue weighted by atomic mass is 9.96. The number of hydrogen-bond donors (Lipinski definition) is 2. The van der Waals surface area contributed by atoms with E-state index in [0.717, 1.165) is 24.7 Å². The van der Waals surface area contributed by atoms with Gasteiger partial charge in [-0.25, -0.2) is 21.2 Å². The topological polar surface area (TPSA) is 133 Å². The molecule has 2 aliphatic heterocycles. The van der Waals surface area contributed by atoms with Crippen LogP contribution in [0.25, 0.3) is 0 Å². The summed E-state index contributed by atoms with van der Waals surface area (Å²) >= 11 is 0. The van der Waals surface area contributed by atoms with E-state index in [-0.39, 0.29) is 53.0 Å². The molecule has 0 aromatic heterocycles. The maximum atomic E-state index is 14.2. The molecule has 236 valence electrons. The maximum Gasteiger partial charge on any atom is 0.244 e. The largest absolute Gasteiger partial charge is 0.353 e. The molecule has 0 radical (unpaired) electrons. The van der Waals surface area contributed by atoms with Crippen LogP contribution < -0.4 is 10.6 Å². The molecule has 0 aliphatic carbocycles. The van der Waals surface area contributed by atoms with E-state index in [1.165, 1.54) is 40.7 Å². The van der Waals surface area contributed by atoms with E-state index in [2.05, 4.69) is 10.6 Å². The molecule has 3 atom stereocenters. The lowest BCUT2D eigenvalue weighted by Crippen LogP contribution is -2.55. The number of carbonyl (C=O) groups is 2. The Kier molecular flexibility index (Phi) is 10.6. The number of sulfonamides is 1. The van der Waals surface area contributed by atoms with Gasteiger partial charge in [-0.1, -0.05) is 31.5 Å². The van der Waals surface area contributed by atoms with Crippen LogP contribution in [0.1, 0.15) is 43.7 Å². The Bertz CT molecular complexity index is 1530. The van der Waals surface area contributed by atoms with Crippen LogP contribution in [-0.2, 0) is 35.9 Å². The smallest absolute Gasteiger partial charge is 0.244 e. The molecular formula is C30H41FN4O6S2. The summed E-state index contributed by atoms with van der Waals surface area (Å²) in [7, 11) is -7.93. The van der Waals surface area contributed by atoms with Crippen LogP contribution in [-0.4, -0.2) is 88.9 Å². The molecule has 0 saturated carbocycles. The molecule has 2 aromatic carbocycles. The van der Waals surface area contributed by atoms with Gasteiger partial charge in [-0.3, -0.25) is 9.59 Å². The van der Waals surface area contributed by atoms with E-state index in [1.54, 1.807) is 11.8 Å². The number of nitrogens with one attached hydrogen (secondary N) is 2. The molecule has 2 unspecified atom stereocenters. The number of nitrogens with zero attached hydrogens (tertiary/aromatic N) is 2. The van der Waals surface area contributed by atoms with Gasteiger partial charge in [0.25, 0.3) is 0 Å². The molecule has 4 rings (SSSR count). The third-order valence-corrected chi connectivity index (χ3v) is 11.2. The number of carbonyl (C=O) groups excluding carboxylic acids is 2. The summed E-state index contributed by atoms with van der Waals surface area (Å²) in [6, 6.07) is 9.40. The number of unbranched alkanes of at least 4 members (excludes halogenated alkanes) is 1. The summed E-state index contributed by atoms with van der Waals surface area (Å²) in [6.45, 7) is 5.33. The Morgan fingerprint density at radius 1 is 1.12 bits per heavy atom. The standard InChI is InChI=1S/C30H41FN4O6S2/c1-4-5-11-34-19-23(17-29(34)36)30(37)33-25(16-22-13-21(2)14-24(31)15-22)18-26-20-35(12-10-32-26)43(40,41)28-9-7-6-8-27(28)42(3,38)39/h6-9,13-15,23,25-26,32H,4-5,10-12,16-20H2,1-3H3,(H,33,37)/t23?,25?,26-/m0/s1. The fraction of sp³-hybridized carbons (Fsp3) is 0.533. The van der Waals surface area contributed by atoms with Gasteiger partial charge < -0.3 is 15.5 Å². The fourth-order valence-electron chi connectivity index (χ4n) is 5.86. The highest BCUT2D eigenvalue weighted by Crippen LogP contribution is 2.26. The van der Waals surface area contributed by atoms with Crippen molar-refractivity contribution in [2.24, 2.45) is 5.92 Å². The monoisotopic (exact) mass is 636 g/mol. The number of aryl methyl sites for hydroxylation is 1. The zero-order valence-electron chi connectivity index (χ0n) is 24.9. The molecule has 13 heteroatoms. The number of amides is 2. The van der Waals surface area contributed by atoms with E-state index in [4.69, 9.17) is 0 Å². The van der Waals surface area contributed by atoms with E-state index >= 15 is 0 Å². The molecule has 2 aromatic rings. The lowest BCUT2D eigenvalue weighted by molar-refractivity contribution is -0.129. The summed E-state index contributed by atoms with van der Waals surface area (Å²) in [5.74, 6) is -1.18. The van der Waals surface area contributed by atoms with Crippen LogP contribution in [0.3, 0.4) is 0 Å². The number of piperazine rings is 1. The normalized spacial score (nSPS) is 20.7. The summed E-state index contributed by atoms with van der Waals surface area (Å²) < 4.78 is 67.4. The first-order chi connectivity index (χ1) is 20.3. The first kappa shape index (κ1) is 33.0. The van der Waals surface area contributed by atoms with Crippen molar-refractivity contribution >= 4 is 31.7 Å². The van der Waals surface area contributed by atoms with Gasteiger partial charge >= 0.3 is 0 Å². The van der Waals surface area contributed by atoms with Gasteiger partial charge in [0.2, 0.25) is 21.8 Å². The van der Waals surface area contributed by atoms with Gasteiger partial charge in [0.05, 0.1) is 10.8 Å². The Morgan fingerprint density at radius 2 is 1.84 bits per heavy atom. The molecule has 2 heterocycles. The number of benzene rings is 2. The van der Waals surface area contributed by atoms with Crippen LogP contribution in [0.2, 0.25) is 0 Å². The van der Waals surface area contributed by atoms with Crippen molar-refractivity contribution in [3.63, 3.8) is 0 Å². The quantitative estimate of drug-likeness (QED) is 0.365. The Labute approximate surface area is 254 Å². The van der Waals surface area contributed by atoms with Gasteiger partial charge in [0, 0.05) is 57.5 Å². The van der Waals surface area contributed by atoms with Crippen LogP contribution in [0, 0.1) is 18.7 Å². The van der Waals surface area contributed by atoms with Crippen LogP contribution in [0.5, 0.6) is 0 Å². The van der Waals surface area contributed by atoms with E-state index in [1.807, 2.05) is 13.0 Å². The number of sulfone groups is 1. The average Bonchev–Trinajstić information content (AvgIpc) is 3.31. The van der Waals surface area contributed by atoms with Crippen LogP contribution in [0.15, 0.2) is 52.3 Å². The Morgan fingerprint density at radius 3 is 2.51 bits per heavy atom. The number of rotatable bonds is 12. The van der Waals surface area contributed by atoms with Crippen LogP contribution in [0.4, 0.5) is 4.39 Å². The molecule has 2 fully saturated rings. The van der Waals surface area contributed by atoms with Crippen LogP contribution >= 0.6 is 0 Å². The molecule has 0 spiro atoms. The zero-order chi connectivity index (χ0) is 31.4. The minimum absolute atomic E-state index is 0.0462. The first-order valence-corrected chi connectivity index (χ1v) is 18.0. The molecule has 2 N–H and O–H groups in total. The SMILES string of the molecule is CCCCN1CC(C(=O)NC(Cc2cc(C)cc(F)c2)C[C@H]2CN(S(=O)(=O)c3ccccc3S(C)(=O)=O)CCN2)CC1=O. The molecule has 2 saturated heterocycles. The lowest BCUT2D eigenvalue weighted by Gasteiger charge is -2.35. The highest BCUT2D eigenvalue weighted by atomic mass is 32.2. The Balaban J connectivity index is 1.52. The van der Waals surface area contributed by atoms with Crippen molar-refractivity contribution in [3.8, 4) is 0 Å². The second kappa shape index (κ2) is 13.8. The third-order valence-electron chi connectivity index (χ3n) is 7.95. The summed E-state index contributed by atoms with van der Waals surface area (Å²) in [5.41, 5.74) is 1.43. The zero-order valence-corrected chi connectivity index (χ0v) is 26.5. The number of halogens is 1. The van der Waals surface area contributed by atoms with Crippen molar-refractivity contribution in [1.29, 1.82) is 0 Å². The first-order valence-electron chi connectivity index (χ1n) is 14.6. The highest BCUT2D eigenvalue weighted by Gasteiger charge is 2.37. The minimum Gasteiger partial charge on any atom is -0.353 e. The van der Waals surface area contributed by atoms with E-state index in [9.17, 15) is 30.8 Å². The molecular weight excluding hydrogens is 595 g/mol. The second-order valence-corrected chi connectivity index (χ2v) is 15.5. The molecule has 43 heavy (non-hydrogen) atoms. The number of likely N-dealkylation sites (tertiary alicyclic amines) is 1. The molecule has 2 amide bonds. The average molecular weight is 637 g/mol. The predicted octanol–water partition coefficient (Wildman–Crippen LogP) is 2.27. The van der Waals surface area contributed by atoms with Crippen molar-refractivity contribution in [3.05, 3.63) is 59.4 Å². The van der Waals surface area contributed by atoms with Gasteiger partial charge in [0.15, 0.2) is 9.84 Å². The third kappa shape index (κ3) is 8.40. The minimum atomic E-state index is -4.14. The maximum absolute atomic E-state index is 14.2. The van der Waals surface area contributed by atoms with Crippen molar-refractivity contribution in [1.82, 2.24) is 19.8 Å². The van der Waals surface area contributed by atoms with Gasteiger partial charge in [0.1, 0.15) is 10.7 Å². The highest BCUT2D eigenvalue weighted by molar-refractivity contribution is 7.93. The van der Waals surface area contributed by atoms with Crippen molar-refractivity contribution < 1.29 is 30.8 Å². The molecule has 10 nitrogen and oxygen atoms in total. The second-order valence-electron chi connectivity index (χ2n) is 11.6. The summed E-state index contributed by atoms with van der Waals surface area (Å²) in [4.78, 5) is 27.1. The Hall–Kier alpha value is -2.87. The van der Waals surface area contributed by atoms with Gasteiger partial charge in [-0.15, -0.1) is 0 Å². The fourth-order valence-corrected chi connectivity index (χ4v) is 8.95. The van der Waals surface area contributed by atoms with Crippen molar-refractivity contribution in [2.75, 3.05) is 39.0 Å². The van der Waals surface area contributed by atoms with Gasteiger partial charge in [-0.05, 0) is 61.6 Å². The van der Waals surface area contributed by atoms with Crippen molar-refractivity contribution in [2.45, 2.75) is 67.8 Å².